The number of nitrogens with zero attached hydrogens (tertiary/aromatic N) is 1. The van der Waals surface area contributed by atoms with E-state index < -0.39 is 4.92 Å². The number of carbonyl (C=O) groups excluding carboxylic acids is 1. The lowest BCUT2D eigenvalue weighted by atomic mass is 10.1. The molecule has 2 N–H and O–H groups in total. The molecule has 0 aliphatic heterocycles. The summed E-state index contributed by atoms with van der Waals surface area (Å²) in [5, 5.41) is 16.2. The summed E-state index contributed by atoms with van der Waals surface area (Å²) in [7, 11) is 0. The van der Waals surface area contributed by atoms with Crippen molar-refractivity contribution in [2.24, 2.45) is 0 Å². The molecule has 0 radical (unpaired) electrons. The Kier molecular flexibility index (Phi) is 5.47. The Morgan fingerprint density at radius 1 is 1.58 bits per heavy atom. The quantitative estimate of drug-likeness (QED) is 0.363. The van der Waals surface area contributed by atoms with Gasteiger partial charge in [-0.3, -0.25) is 14.9 Å². The summed E-state index contributed by atoms with van der Waals surface area (Å²) in [6.45, 7) is 5.83. The van der Waals surface area contributed by atoms with Crippen LogP contribution in [0.5, 0.6) is 0 Å². The van der Waals surface area contributed by atoms with Gasteiger partial charge in [-0.1, -0.05) is 17.7 Å². The van der Waals surface area contributed by atoms with Crippen molar-refractivity contribution in [1.29, 1.82) is 0 Å². The van der Waals surface area contributed by atoms with E-state index in [9.17, 15) is 14.9 Å². The highest BCUT2D eigenvalue weighted by Crippen LogP contribution is 2.30. The van der Waals surface area contributed by atoms with Gasteiger partial charge in [0.05, 0.1) is 11.5 Å². The van der Waals surface area contributed by atoms with Crippen molar-refractivity contribution in [3.05, 3.63) is 45.5 Å². The SMILES string of the molecule is C=CCNCC(=O)Nc1cc(Cl)c([N+](=O)[O-])cc1C. The van der Waals surface area contributed by atoms with Crippen LogP contribution < -0.4 is 10.6 Å². The number of benzene rings is 1. The molecule has 0 spiro atoms. The molecule has 1 rings (SSSR count). The van der Waals surface area contributed by atoms with E-state index in [1.165, 1.54) is 12.1 Å². The smallest absolute Gasteiger partial charge is 0.288 e. The summed E-state index contributed by atoms with van der Waals surface area (Å²) >= 11 is 5.78. The zero-order valence-corrected chi connectivity index (χ0v) is 11.2. The first-order chi connectivity index (χ1) is 8.95. The molecule has 0 saturated heterocycles. The van der Waals surface area contributed by atoms with E-state index in [4.69, 9.17) is 11.6 Å². The van der Waals surface area contributed by atoms with Gasteiger partial charge in [0.2, 0.25) is 5.91 Å². The van der Waals surface area contributed by atoms with Gasteiger partial charge in [-0.15, -0.1) is 6.58 Å². The molecule has 6 nitrogen and oxygen atoms in total. The molecule has 19 heavy (non-hydrogen) atoms. The predicted octanol–water partition coefficient (Wildman–Crippen LogP) is 2.27. The molecule has 0 bridgehead atoms. The van der Waals surface area contributed by atoms with Gasteiger partial charge in [0.1, 0.15) is 5.02 Å². The molecule has 0 atom stereocenters. The molecule has 1 amide bonds. The second-order valence-electron chi connectivity index (χ2n) is 3.84. The van der Waals surface area contributed by atoms with Crippen molar-refractivity contribution >= 4 is 28.9 Å². The third-order valence-electron chi connectivity index (χ3n) is 2.34. The number of rotatable bonds is 6. The fraction of sp³-hybridized carbons (Fsp3) is 0.250. The molecule has 0 fully saturated rings. The normalized spacial score (nSPS) is 10.0. The van der Waals surface area contributed by atoms with Crippen molar-refractivity contribution in [1.82, 2.24) is 5.32 Å². The van der Waals surface area contributed by atoms with Crippen LogP contribution in [-0.2, 0) is 4.79 Å². The minimum absolute atomic E-state index is 0.00930. The van der Waals surface area contributed by atoms with E-state index >= 15 is 0 Å². The van der Waals surface area contributed by atoms with Crippen LogP contribution in [0.25, 0.3) is 0 Å². The van der Waals surface area contributed by atoms with Gasteiger partial charge in [0.15, 0.2) is 0 Å². The number of nitro benzene ring substituents is 1. The molecule has 7 heteroatoms. The van der Waals surface area contributed by atoms with Gasteiger partial charge in [-0.05, 0) is 18.6 Å². The van der Waals surface area contributed by atoms with Crippen LogP contribution in [-0.4, -0.2) is 23.9 Å². The van der Waals surface area contributed by atoms with Crippen LogP contribution in [0.1, 0.15) is 5.56 Å². The van der Waals surface area contributed by atoms with Crippen LogP contribution in [0, 0.1) is 17.0 Å². The van der Waals surface area contributed by atoms with E-state index in [1.807, 2.05) is 0 Å². The first-order valence-electron chi connectivity index (χ1n) is 5.51. The second-order valence-corrected chi connectivity index (χ2v) is 4.25. The molecule has 0 aromatic heterocycles. The number of amides is 1. The third kappa shape index (κ3) is 4.35. The van der Waals surface area contributed by atoms with Crippen LogP contribution in [0.15, 0.2) is 24.8 Å². The van der Waals surface area contributed by atoms with Crippen LogP contribution >= 0.6 is 11.6 Å². The second kappa shape index (κ2) is 6.86. The van der Waals surface area contributed by atoms with Crippen LogP contribution in [0.2, 0.25) is 5.02 Å². The number of halogens is 1. The van der Waals surface area contributed by atoms with E-state index in [2.05, 4.69) is 17.2 Å². The Labute approximate surface area is 115 Å². The molecule has 0 unspecified atom stereocenters. The number of nitrogens with one attached hydrogen (secondary N) is 2. The fourth-order valence-corrected chi connectivity index (χ4v) is 1.66. The largest absolute Gasteiger partial charge is 0.325 e. The summed E-state index contributed by atoms with van der Waals surface area (Å²) < 4.78 is 0. The molecular weight excluding hydrogens is 270 g/mol. The number of nitro groups is 1. The highest BCUT2D eigenvalue weighted by atomic mass is 35.5. The van der Waals surface area contributed by atoms with Gasteiger partial charge in [-0.2, -0.15) is 0 Å². The summed E-state index contributed by atoms with van der Waals surface area (Å²) in [6, 6.07) is 2.70. The van der Waals surface area contributed by atoms with Gasteiger partial charge in [0.25, 0.3) is 5.69 Å². The molecule has 0 saturated carbocycles. The van der Waals surface area contributed by atoms with Crippen LogP contribution in [0.3, 0.4) is 0 Å². The maximum absolute atomic E-state index is 11.6. The fourth-order valence-electron chi connectivity index (χ4n) is 1.42. The van der Waals surface area contributed by atoms with Crippen molar-refractivity contribution in [2.45, 2.75) is 6.92 Å². The van der Waals surface area contributed by atoms with Crippen LogP contribution in [0.4, 0.5) is 11.4 Å². The van der Waals surface area contributed by atoms with Crippen molar-refractivity contribution in [2.75, 3.05) is 18.4 Å². The van der Waals surface area contributed by atoms with E-state index in [-0.39, 0.29) is 23.2 Å². The Hall–Kier alpha value is -1.92. The van der Waals surface area contributed by atoms with E-state index in [0.717, 1.165) is 0 Å². The predicted molar refractivity (Wildman–Crippen MR) is 74.5 cm³/mol. The lowest BCUT2D eigenvalue weighted by molar-refractivity contribution is -0.384. The maximum Gasteiger partial charge on any atom is 0.288 e. The molecular formula is C12H14ClN3O3. The minimum atomic E-state index is -0.563. The lowest BCUT2D eigenvalue weighted by Gasteiger charge is -2.09. The zero-order valence-electron chi connectivity index (χ0n) is 10.4. The molecule has 1 aromatic carbocycles. The highest BCUT2D eigenvalue weighted by molar-refractivity contribution is 6.33. The zero-order chi connectivity index (χ0) is 14.4. The number of hydrogen-bond acceptors (Lipinski definition) is 4. The summed E-state index contributed by atoms with van der Waals surface area (Å²) in [5.41, 5.74) is 0.858. The van der Waals surface area contributed by atoms with Crippen molar-refractivity contribution in [3.63, 3.8) is 0 Å². The molecule has 0 aliphatic carbocycles. The van der Waals surface area contributed by atoms with E-state index in [0.29, 0.717) is 17.8 Å². The summed E-state index contributed by atoms with van der Waals surface area (Å²) in [4.78, 5) is 21.7. The van der Waals surface area contributed by atoms with Gasteiger partial charge < -0.3 is 10.6 Å². The van der Waals surface area contributed by atoms with Gasteiger partial charge in [-0.25, -0.2) is 0 Å². The summed E-state index contributed by atoms with van der Waals surface area (Å²) in [5.74, 6) is -0.255. The first-order valence-corrected chi connectivity index (χ1v) is 5.89. The number of hydrogen-bond donors (Lipinski definition) is 2. The van der Waals surface area contributed by atoms with Crippen molar-refractivity contribution in [3.8, 4) is 0 Å². The average molecular weight is 284 g/mol. The topological polar surface area (TPSA) is 84.3 Å². The molecule has 102 valence electrons. The number of anilines is 1. The number of aryl methyl sites for hydroxylation is 1. The van der Waals surface area contributed by atoms with Gasteiger partial charge >= 0.3 is 0 Å². The van der Waals surface area contributed by atoms with Crippen molar-refractivity contribution < 1.29 is 9.72 Å². The monoisotopic (exact) mass is 283 g/mol. The summed E-state index contributed by atoms with van der Waals surface area (Å²) in [6.07, 6.45) is 1.64. The molecule has 0 heterocycles. The average Bonchev–Trinajstić information content (AvgIpc) is 2.33. The molecule has 1 aromatic rings. The molecule has 0 aliphatic rings. The Morgan fingerprint density at radius 2 is 2.26 bits per heavy atom. The standard InChI is InChI=1S/C12H14ClN3O3/c1-3-4-14-7-12(17)15-10-6-9(13)11(16(18)19)5-8(10)2/h3,5-6,14H,1,4,7H2,2H3,(H,15,17). The van der Waals surface area contributed by atoms with E-state index in [1.54, 1.807) is 13.0 Å². The third-order valence-corrected chi connectivity index (χ3v) is 2.64. The Morgan fingerprint density at radius 3 is 2.84 bits per heavy atom. The maximum atomic E-state index is 11.6. The first kappa shape index (κ1) is 15.1. The van der Waals surface area contributed by atoms with Gasteiger partial charge in [0, 0.05) is 18.3 Å². The Bertz CT molecular complexity index is 517. The minimum Gasteiger partial charge on any atom is -0.325 e. The Balaban J connectivity index is 2.79. The highest BCUT2D eigenvalue weighted by Gasteiger charge is 2.15. The number of carbonyl (C=O) groups is 1. The lowest BCUT2D eigenvalue weighted by Crippen LogP contribution is -2.28.